The lowest BCUT2D eigenvalue weighted by Crippen LogP contribution is -2.14. The van der Waals surface area contributed by atoms with E-state index < -0.39 is 0 Å². The van der Waals surface area contributed by atoms with Gasteiger partial charge in [-0.2, -0.15) is 0 Å². The first-order valence-corrected chi connectivity index (χ1v) is 12.6. The first-order valence-electron chi connectivity index (χ1n) is 12.6. The average molecular weight is 427 g/mol. The zero-order valence-electron chi connectivity index (χ0n) is 19.8. The SMILES string of the molecule is CCOc1ccc(CCC2CCC(c3ccc(CC(C)c4ccccc4)cc3)CC2)cc1. The second-order valence-electron chi connectivity index (χ2n) is 9.59. The van der Waals surface area contributed by atoms with E-state index in [2.05, 4.69) is 85.8 Å². The normalized spacial score (nSPS) is 19.4. The predicted molar refractivity (Wildman–Crippen MR) is 136 cm³/mol. The van der Waals surface area contributed by atoms with Crippen LogP contribution in [-0.4, -0.2) is 6.61 Å². The van der Waals surface area contributed by atoms with Gasteiger partial charge in [-0.15, -0.1) is 0 Å². The third-order valence-corrected chi connectivity index (χ3v) is 7.28. The van der Waals surface area contributed by atoms with Gasteiger partial charge in [0.15, 0.2) is 0 Å². The van der Waals surface area contributed by atoms with Crippen molar-refractivity contribution < 1.29 is 4.74 Å². The third-order valence-electron chi connectivity index (χ3n) is 7.28. The van der Waals surface area contributed by atoms with Gasteiger partial charge in [-0.25, -0.2) is 0 Å². The van der Waals surface area contributed by atoms with Crippen LogP contribution in [0.4, 0.5) is 0 Å². The number of benzene rings is 3. The highest BCUT2D eigenvalue weighted by Gasteiger charge is 2.22. The smallest absolute Gasteiger partial charge is 0.119 e. The Kier molecular flexibility index (Phi) is 8.04. The van der Waals surface area contributed by atoms with E-state index in [0.717, 1.165) is 30.6 Å². The zero-order valence-corrected chi connectivity index (χ0v) is 19.8. The van der Waals surface area contributed by atoms with E-state index in [1.165, 1.54) is 55.2 Å². The molecule has 1 heteroatoms. The van der Waals surface area contributed by atoms with Gasteiger partial charge >= 0.3 is 0 Å². The predicted octanol–water partition coefficient (Wildman–Crippen LogP) is 8.34. The Morgan fingerprint density at radius 1 is 0.781 bits per heavy atom. The van der Waals surface area contributed by atoms with Crippen molar-refractivity contribution >= 4 is 0 Å². The molecule has 1 aliphatic carbocycles. The second-order valence-corrected chi connectivity index (χ2v) is 9.59. The van der Waals surface area contributed by atoms with Crippen LogP contribution in [0.1, 0.15) is 80.0 Å². The lowest BCUT2D eigenvalue weighted by atomic mass is 9.76. The quantitative estimate of drug-likeness (QED) is 0.334. The highest BCUT2D eigenvalue weighted by atomic mass is 16.5. The molecule has 1 atom stereocenters. The maximum absolute atomic E-state index is 5.56. The van der Waals surface area contributed by atoms with Crippen molar-refractivity contribution in [3.63, 3.8) is 0 Å². The summed E-state index contributed by atoms with van der Waals surface area (Å²) in [5, 5.41) is 0. The van der Waals surface area contributed by atoms with Crippen LogP contribution in [0.2, 0.25) is 0 Å². The van der Waals surface area contributed by atoms with E-state index in [1.807, 2.05) is 6.92 Å². The molecule has 1 unspecified atom stereocenters. The van der Waals surface area contributed by atoms with Crippen molar-refractivity contribution in [2.45, 2.75) is 70.6 Å². The summed E-state index contributed by atoms with van der Waals surface area (Å²) in [5.41, 5.74) is 5.87. The molecule has 1 fully saturated rings. The molecular formula is C31H38O. The van der Waals surface area contributed by atoms with Crippen LogP contribution in [0.5, 0.6) is 5.75 Å². The van der Waals surface area contributed by atoms with Crippen LogP contribution in [-0.2, 0) is 12.8 Å². The van der Waals surface area contributed by atoms with Gasteiger partial charge < -0.3 is 4.74 Å². The Morgan fingerprint density at radius 2 is 1.44 bits per heavy atom. The fourth-order valence-corrected chi connectivity index (χ4v) is 5.25. The van der Waals surface area contributed by atoms with Crippen LogP contribution in [0.25, 0.3) is 0 Å². The molecule has 1 nitrogen and oxygen atoms in total. The fourth-order valence-electron chi connectivity index (χ4n) is 5.25. The molecule has 3 aromatic rings. The summed E-state index contributed by atoms with van der Waals surface area (Å²) in [5.74, 6) is 3.17. The molecule has 0 saturated heterocycles. The van der Waals surface area contributed by atoms with Gasteiger partial charge in [-0.05, 0) is 104 Å². The molecule has 0 bridgehead atoms. The Bertz CT molecular complexity index is 918. The molecule has 0 heterocycles. The largest absolute Gasteiger partial charge is 0.494 e. The lowest BCUT2D eigenvalue weighted by molar-refractivity contribution is 0.310. The lowest BCUT2D eigenvalue weighted by Gasteiger charge is -2.29. The summed E-state index contributed by atoms with van der Waals surface area (Å²) < 4.78 is 5.56. The highest BCUT2D eigenvalue weighted by molar-refractivity contribution is 5.29. The second kappa shape index (κ2) is 11.4. The van der Waals surface area contributed by atoms with Crippen molar-refractivity contribution in [3.05, 3.63) is 101 Å². The maximum Gasteiger partial charge on any atom is 0.119 e. The van der Waals surface area contributed by atoms with Gasteiger partial charge in [-0.1, -0.05) is 73.7 Å². The first-order chi connectivity index (χ1) is 15.7. The highest BCUT2D eigenvalue weighted by Crippen LogP contribution is 2.37. The van der Waals surface area contributed by atoms with Crippen molar-refractivity contribution in [3.8, 4) is 5.75 Å². The van der Waals surface area contributed by atoms with E-state index in [-0.39, 0.29) is 0 Å². The minimum atomic E-state index is 0.563. The number of ether oxygens (including phenoxy) is 1. The third kappa shape index (κ3) is 6.25. The maximum atomic E-state index is 5.56. The minimum absolute atomic E-state index is 0.563. The summed E-state index contributed by atoms with van der Waals surface area (Å²) in [6, 6.07) is 29.1. The minimum Gasteiger partial charge on any atom is -0.494 e. The summed E-state index contributed by atoms with van der Waals surface area (Å²) in [4.78, 5) is 0. The molecule has 0 N–H and O–H groups in total. The van der Waals surface area contributed by atoms with E-state index in [0.29, 0.717) is 5.92 Å². The van der Waals surface area contributed by atoms with E-state index in [4.69, 9.17) is 4.74 Å². The standard InChI is InChI=1S/C31H38O/c1-3-32-31-21-15-26(16-22-31)10-9-25-11-17-29(18-12-25)30-19-13-27(14-20-30)23-24(2)28-7-5-4-6-8-28/h4-8,13-16,19-22,24-25,29H,3,9-12,17-18,23H2,1-2H3. The van der Waals surface area contributed by atoms with Gasteiger partial charge in [0.2, 0.25) is 0 Å². The molecular weight excluding hydrogens is 388 g/mol. The van der Waals surface area contributed by atoms with Crippen LogP contribution in [0, 0.1) is 5.92 Å². The summed E-state index contributed by atoms with van der Waals surface area (Å²) in [6.07, 6.45) is 9.04. The molecule has 1 saturated carbocycles. The number of hydrogen-bond acceptors (Lipinski definition) is 1. The molecule has 0 spiro atoms. The van der Waals surface area contributed by atoms with Crippen molar-refractivity contribution in [1.29, 1.82) is 0 Å². The Balaban J connectivity index is 1.22. The first kappa shape index (κ1) is 22.6. The molecule has 1 aliphatic rings. The molecule has 168 valence electrons. The number of rotatable bonds is 9. The van der Waals surface area contributed by atoms with E-state index in [1.54, 1.807) is 5.56 Å². The van der Waals surface area contributed by atoms with Crippen LogP contribution in [0.15, 0.2) is 78.9 Å². The molecule has 32 heavy (non-hydrogen) atoms. The monoisotopic (exact) mass is 426 g/mol. The summed E-state index contributed by atoms with van der Waals surface area (Å²) in [6.45, 7) is 5.10. The van der Waals surface area contributed by atoms with Crippen LogP contribution in [0.3, 0.4) is 0 Å². The van der Waals surface area contributed by atoms with Crippen molar-refractivity contribution in [2.24, 2.45) is 5.92 Å². The van der Waals surface area contributed by atoms with E-state index in [9.17, 15) is 0 Å². The average Bonchev–Trinajstić information content (AvgIpc) is 2.85. The molecule has 4 rings (SSSR count). The molecule has 0 amide bonds. The molecule has 0 aromatic heterocycles. The Labute approximate surface area is 194 Å². The van der Waals surface area contributed by atoms with Gasteiger partial charge in [0, 0.05) is 0 Å². The molecule has 0 aliphatic heterocycles. The van der Waals surface area contributed by atoms with Gasteiger partial charge in [0.25, 0.3) is 0 Å². The molecule has 0 radical (unpaired) electrons. The fraction of sp³-hybridized carbons (Fsp3) is 0.419. The topological polar surface area (TPSA) is 9.23 Å². The van der Waals surface area contributed by atoms with Gasteiger partial charge in [-0.3, -0.25) is 0 Å². The van der Waals surface area contributed by atoms with E-state index >= 15 is 0 Å². The molecule has 3 aromatic carbocycles. The van der Waals surface area contributed by atoms with Crippen LogP contribution >= 0.6 is 0 Å². The van der Waals surface area contributed by atoms with Gasteiger partial charge in [0.05, 0.1) is 6.61 Å². The Morgan fingerprint density at radius 3 is 2.09 bits per heavy atom. The van der Waals surface area contributed by atoms with Crippen LogP contribution < -0.4 is 4.74 Å². The van der Waals surface area contributed by atoms with Crippen molar-refractivity contribution in [2.75, 3.05) is 6.61 Å². The van der Waals surface area contributed by atoms with Crippen molar-refractivity contribution in [1.82, 2.24) is 0 Å². The number of aryl methyl sites for hydroxylation is 1. The summed E-state index contributed by atoms with van der Waals surface area (Å²) >= 11 is 0. The summed E-state index contributed by atoms with van der Waals surface area (Å²) in [7, 11) is 0. The Hall–Kier alpha value is -2.54. The zero-order chi connectivity index (χ0) is 22.2. The number of hydrogen-bond donors (Lipinski definition) is 0. The van der Waals surface area contributed by atoms with Gasteiger partial charge in [0.1, 0.15) is 5.75 Å².